The molecule has 1 fully saturated rings. The van der Waals surface area contributed by atoms with Crippen molar-refractivity contribution in [1.82, 2.24) is 9.88 Å². The van der Waals surface area contributed by atoms with Crippen molar-refractivity contribution in [3.63, 3.8) is 0 Å². The molecular weight excluding hydrogens is 435 g/mol. The van der Waals surface area contributed by atoms with E-state index in [1.807, 2.05) is 13.0 Å². The quantitative estimate of drug-likeness (QED) is 0.599. The standard InChI is InChI=1S/C26H23FN4O3/c1-17-15-22(34-25-20(16-28)3-2-12-29-25)8-9-23(17)30-24(32)18-10-13-31(14-11-18)26(33)19-4-6-21(27)7-5-19/h2-9,12,15,18H,10-11,13-14H2,1H3,(H,30,32). The summed E-state index contributed by atoms with van der Waals surface area (Å²) in [5.41, 5.74) is 2.25. The third-order valence-corrected chi connectivity index (χ3v) is 5.81. The van der Waals surface area contributed by atoms with Gasteiger partial charge >= 0.3 is 0 Å². The number of aromatic nitrogens is 1. The Morgan fingerprint density at radius 3 is 2.56 bits per heavy atom. The van der Waals surface area contributed by atoms with E-state index in [9.17, 15) is 19.2 Å². The molecule has 2 heterocycles. The number of likely N-dealkylation sites (tertiary alicyclic amines) is 1. The molecule has 0 spiro atoms. The molecule has 0 atom stereocenters. The predicted molar refractivity (Wildman–Crippen MR) is 124 cm³/mol. The number of benzene rings is 2. The Kier molecular flexibility index (Phi) is 6.83. The minimum Gasteiger partial charge on any atom is -0.438 e. The highest BCUT2D eigenvalue weighted by molar-refractivity contribution is 5.95. The summed E-state index contributed by atoms with van der Waals surface area (Å²) in [5, 5.41) is 12.1. The van der Waals surface area contributed by atoms with Gasteiger partial charge in [0.25, 0.3) is 5.91 Å². The first-order valence-electron chi connectivity index (χ1n) is 10.9. The number of nitrogens with one attached hydrogen (secondary N) is 1. The summed E-state index contributed by atoms with van der Waals surface area (Å²) < 4.78 is 18.8. The number of carbonyl (C=O) groups excluding carboxylic acids is 2. The van der Waals surface area contributed by atoms with Crippen molar-refractivity contribution in [3.05, 3.63) is 83.3 Å². The maximum atomic E-state index is 13.1. The molecule has 3 aromatic rings. The number of aryl methyl sites for hydroxylation is 1. The fourth-order valence-electron chi connectivity index (χ4n) is 3.86. The molecule has 0 unspecified atom stereocenters. The number of ether oxygens (including phenoxy) is 1. The van der Waals surface area contributed by atoms with E-state index < -0.39 is 0 Å². The number of amides is 2. The van der Waals surface area contributed by atoms with Crippen LogP contribution in [0.5, 0.6) is 11.6 Å². The van der Waals surface area contributed by atoms with Crippen molar-refractivity contribution < 1.29 is 18.7 Å². The number of rotatable bonds is 5. The van der Waals surface area contributed by atoms with E-state index in [0.29, 0.717) is 48.5 Å². The highest BCUT2D eigenvalue weighted by Crippen LogP contribution is 2.28. The Balaban J connectivity index is 1.34. The van der Waals surface area contributed by atoms with E-state index in [-0.39, 0.29) is 29.4 Å². The molecule has 1 aliphatic heterocycles. The lowest BCUT2D eigenvalue weighted by Crippen LogP contribution is -2.41. The van der Waals surface area contributed by atoms with Crippen molar-refractivity contribution in [1.29, 1.82) is 5.26 Å². The van der Waals surface area contributed by atoms with E-state index in [4.69, 9.17) is 4.74 Å². The van der Waals surface area contributed by atoms with Gasteiger partial charge in [-0.25, -0.2) is 9.37 Å². The zero-order chi connectivity index (χ0) is 24.1. The van der Waals surface area contributed by atoms with Crippen LogP contribution in [0.4, 0.5) is 10.1 Å². The molecule has 2 amide bonds. The van der Waals surface area contributed by atoms with E-state index in [1.165, 1.54) is 24.3 Å². The molecule has 172 valence electrons. The minimum atomic E-state index is -0.384. The summed E-state index contributed by atoms with van der Waals surface area (Å²) in [6.45, 7) is 2.78. The first kappa shape index (κ1) is 22.9. The normalized spacial score (nSPS) is 13.7. The molecule has 2 aromatic carbocycles. The molecule has 0 bridgehead atoms. The summed E-state index contributed by atoms with van der Waals surface area (Å²) in [6.07, 6.45) is 2.65. The number of carbonyl (C=O) groups is 2. The number of pyridine rings is 1. The Morgan fingerprint density at radius 1 is 1.15 bits per heavy atom. The largest absolute Gasteiger partial charge is 0.438 e. The highest BCUT2D eigenvalue weighted by atomic mass is 19.1. The summed E-state index contributed by atoms with van der Waals surface area (Å²) in [6, 6.07) is 16.1. The zero-order valence-electron chi connectivity index (χ0n) is 18.6. The maximum Gasteiger partial charge on any atom is 0.253 e. The predicted octanol–water partition coefficient (Wildman–Crippen LogP) is 4.68. The smallest absolute Gasteiger partial charge is 0.253 e. The second-order valence-corrected chi connectivity index (χ2v) is 8.11. The summed E-state index contributed by atoms with van der Waals surface area (Å²) in [7, 11) is 0. The average molecular weight is 458 g/mol. The van der Waals surface area contributed by atoms with Crippen LogP contribution in [0.1, 0.15) is 34.3 Å². The van der Waals surface area contributed by atoms with Crippen LogP contribution < -0.4 is 10.1 Å². The Morgan fingerprint density at radius 2 is 1.88 bits per heavy atom. The van der Waals surface area contributed by atoms with Crippen LogP contribution in [0.25, 0.3) is 0 Å². The van der Waals surface area contributed by atoms with E-state index >= 15 is 0 Å². The SMILES string of the molecule is Cc1cc(Oc2ncccc2C#N)ccc1NC(=O)C1CCN(C(=O)c2ccc(F)cc2)CC1. The topological polar surface area (TPSA) is 95.3 Å². The number of piperidine rings is 1. The van der Waals surface area contributed by atoms with Crippen LogP contribution in [0.2, 0.25) is 0 Å². The van der Waals surface area contributed by atoms with Crippen molar-refractivity contribution in [2.75, 3.05) is 18.4 Å². The molecule has 1 N–H and O–H groups in total. The van der Waals surface area contributed by atoms with Crippen LogP contribution in [0.15, 0.2) is 60.8 Å². The summed E-state index contributed by atoms with van der Waals surface area (Å²) >= 11 is 0. The van der Waals surface area contributed by atoms with Crippen molar-refractivity contribution >= 4 is 17.5 Å². The first-order valence-corrected chi connectivity index (χ1v) is 10.9. The molecule has 7 nitrogen and oxygen atoms in total. The van der Waals surface area contributed by atoms with Gasteiger partial charge in [-0.1, -0.05) is 0 Å². The number of nitriles is 1. The van der Waals surface area contributed by atoms with Gasteiger partial charge in [-0.05, 0) is 79.9 Å². The van der Waals surface area contributed by atoms with Gasteiger partial charge in [0, 0.05) is 36.5 Å². The van der Waals surface area contributed by atoms with Gasteiger partial charge < -0.3 is 15.0 Å². The molecule has 0 aliphatic carbocycles. The molecule has 1 aliphatic rings. The second-order valence-electron chi connectivity index (χ2n) is 8.11. The lowest BCUT2D eigenvalue weighted by molar-refractivity contribution is -0.121. The molecule has 0 saturated carbocycles. The number of anilines is 1. The number of hydrogen-bond acceptors (Lipinski definition) is 5. The average Bonchev–Trinajstić information content (AvgIpc) is 2.86. The van der Waals surface area contributed by atoms with Gasteiger partial charge in [-0.3, -0.25) is 9.59 Å². The highest BCUT2D eigenvalue weighted by Gasteiger charge is 2.28. The third kappa shape index (κ3) is 5.21. The molecule has 1 aromatic heterocycles. The van der Waals surface area contributed by atoms with Gasteiger partial charge in [0.05, 0.1) is 0 Å². The zero-order valence-corrected chi connectivity index (χ0v) is 18.6. The Bertz CT molecular complexity index is 1250. The number of halogens is 1. The monoisotopic (exact) mass is 458 g/mol. The van der Waals surface area contributed by atoms with Crippen LogP contribution >= 0.6 is 0 Å². The molecule has 4 rings (SSSR count). The number of hydrogen-bond donors (Lipinski definition) is 1. The minimum absolute atomic E-state index is 0.0952. The fraction of sp³-hybridized carbons (Fsp3) is 0.231. The third-order valence-electron chi connectivity index (χ3n) is 5.81. The summed E-state index contributed by atoms with van der Waals surface area (Å²) in [4.78, 5) is 31.2. The van der Waals surface area contributed by atoms with Gasteiger partial charge in [0.2, 0.25) is 11.8 Å². The molecule has 34 heavy (non-hydrogen) atoms. The number of nitrogens with zero attached hydrogens (tertiary/aromatic N) is 3. The first-order chi connectivity index (χ1) is 16.4. The molecule has 0 radical (unpaired) electrons. The van der Waals surface area contributed by atoms with Crippen LogP contribution in [-0.2, 0) is 4.79 Å². The molecule has 8 heteroatoms. The van der Waals surface area contributed by atoms with Crippen LogP contribution in [0, 0.1) is 30.0 Å². The van der Waals surface area contributed by atoms with Crippen molar-refractivity contribution in [2.45, 2.75) is 19.8 Å². The van der Waals surface area contributed by atoms with E-state index in [0.717, 1.165) is 5.56 Å². The van der Waals surface area contributed by atoms with Gasteiger partial charge in [-0.2, -0.15) is 5.26 Å². The van der Waals surface area contributed by atoms with Crippen LogP contribution in [-0.4, -0.2) is 34.8 Å². The van der Waals surface area contributed by atoms with Gasteiger partial charge in [0.15, 0.2) is 0 Å². The van der Waals surface area contributed by atoms with E-state index in [1.54, 1.807) is 41.4 Å². The lowest BCUT2D eigenvalue weighted by Gasteiger charge is -2.31. The molecule has 1 saturated heterocycles. The maximum absolute atomic E-state index is 13.1. The Hall–Kier alpha value is -4.25. The van der Waals surface area contributed by atoms with Crippen molar-refractivity contribution in [2.24, 2.45) is 5.92 Å². The van der Waals surface area contributed by atoms with Crippen LogP contribution in [0.3, 0.4) is 0 Å². The van der Waals surface area contributed by atoms with Gasteiger partial charge in [0.1, 0.15) is 23.2 Å². The Labute approximate surface area is 196 Å². The molecular formula is C26H23FN4O3. The van der Waals surface area contributed by atoms with Crippen molar-refractivity contribution in [3.8, 4) is 17.7 Å². The van der Waals surface area contributed by atoms with E-state index in [2.05, 4.69) is 10.3 Å². The fourth-order valence-corrected chi connectivity index (χ4v) is 3.86. The second kappa shape index (κ2) is 10.1. The summed E-state index contributed by atoms with van der Waals surface area (Å²) in [5.74, 6) is -0.105. The lowest BCUT2D eigenvalue weighted by atomic mass is 9.95. The van der Waals surface area contributed by atoms with Gasteiger partial charge in [-0.15, -0.1) is 0 Å².